The number of thiazole rings is 1. The third-order valence-electron chi connectivity index (χ3n) is 4.13. The minimum absolute atomic E-state index is 0.0256. The first-order chi connectivity index (χ1) is 10.6. The van der Waals surface area contributed by atoms with Crippen LogP contribution in [0.15, 0.2) is 11.5 Å². The molecule has 2 amide bonds. The van der Waals surface area contributed by atoms with Gasteiger partial charge < -0.3 is 10.2 Å². The van der Waals surface area contributed by atoms with Crippen LogP contribution in [-0.2, 0) is 9.59 Å². The molecule has 118 valence electrons. The Bertz CT molecular complexity index is 584. The van der Waals surface area contributed by atoms with Crippen molar-refractivity contribution in [3.05, 3.63) is 22.2 Å². The van der Waals surface area contributed by atoms with Crippen LogP contribution in [0.3, 0.4) is 0 Å². The Hall–Kier alpha value is -1.69. The van der Waals surface area contributed by atoms with Gasteiger partial charge in [0.2, 0.25) is 11.8 Å². The molecule has 0 radical (unpaired) electrons. The summed E-state index contributed by atoms with van der Waals surface area (Å²) in [6, 6.07) is 0.224. The van der Waals surface area contributed by atoms with E-state index in [4.69, 9.17) is 0 Å². The Kier molecular flexibility index (Phi) is 4.57. The maximum absolute atomic E-state index is 12.2. The lowest BCUT2D eigenvalue weighted by molar-refractivity contribution is -0.127. The summed E-state index contributed by atoms with van der Waals surface area (Å²) in [5.74, 6) is 0.477. The first kappa shape index (κ1) is 15.2. The summed E-state index contributed by atoms with van der Waals surface area (Å²) in [5, 5.41) is 6.04. The number of amides is 2. The molecular formula is C16H21N3O2S. The average Bonchev–Trinajstić information content (AvgIpc) is 3.29. The lowest BCUT2D eigenvalue weighted by atomic mass is 10.0. The standard InChI is InChI=1S/C16H21N3O2S/c1-11-17-14(10-22-11)4-5-15(20)19-8-6-13(7-9-19)18-16(21)12-2-3-12/h4-5,10,12-13H,2-3,6-9H2,1H3,(H,18,21). The molecule has 1 aliphatic carbocycles. The lowest BCUT2D eigenvalue weighted by Gasteiger charge is -2.31. The zero-order chi connectivity index (χ0) is 15.5. The first-order valence-corrected chi connectivity index (χ1v) is 8.69. The molecule has 0 unspecified atom stereocenters. The molecule has 2 fully saturated rings. The summed E-state index contributed by atoms with van der Waals surface area (Å²) in [6.45, 7) is 3.36. The highest BCUT2D eigenvalue weighted by atomic mass is 32.1. The Labute approximate surface area is 134 Å². The summed E-state index contributed by atoms with van der Waals surface area (Å²) in [4.78, 5) is 30.0. The maximum atomic E-state index is 12.2. The Morgan fingerprint density at radius 2 is 2.05 bits per heavy atom. The fourth-order valence-corrected chi connectivity index (χ4v) is 3.21. The number of hydrogen-bond acceptors (Lipinski definition) is 4. The molecule has 2 aliphatic rings. The van der Waals surface area contributed by atoms with Crippen LogP contribution in [0.25, 0.3) is 6.08 Å². The Balaban J connectivity index is 1.45. The predicted octanol–water partition coefficient (Wildman–Crippen LogP) is 1.98. The fraction of sp³-hybridized carbons (Fsp3) is 0.562. The molecule has 2 heterocycles. The number of piperidine rings is 1. The van der Waals surface area contributed by atoms with Gasteiger partial charge in [-0.25, -0.2) is 4.98 Å². The normalized spacial score (nSPS) is 19.6. The molecule has 3 rings (SSSR count). The van der Waals surface area contributed by atoms with Gasteiger partial charge >= 0.3 is 0 Å². The minimum Gasteiger partial charge on any atom is -0.353 e. The predicted molar refractivity (Wildman–Crippen MR) is 86.4 cm³/mol. The summed E-state index contributed by atoms with van der Waals surface area (Å²) in [5.41, 5.74) is 0.836. The first-order valence-electron chi connectivity index (χ1n) is 7.81. The van der Waals surface area contributed by atoms with Crippen LogP contribution in [0.4, 0.5) is 0 Å². The maximum Gasteiger partial charge on any atom is 0.246 e. The van der Waals surface area contributed by atoms with Crippen LogP contribution in [0, 0.1) is 12.8 Å². The highest BCUT2D eigenvalue weighted by Crippen LogP contribution is 2.29. The second kappa shape index (κ2) is 6.60. The van der Waals surface area contributed by atoms with Gasteiger partial charge in [-0.05, 0) is 38.7 Å². The molecule has 0 spiro atoms. The molecule has 22 heavy (non-hydrogen) atoms. The number of carbonyl (C=O) groups is 2. The molecule has 0 bridgehead atoms. The van der Waals surface area contributed by atoms with E-state index in [2.05, 4.69) is 10.3 Å². The van der Waals surface area contributed by atoms with Crippen molar-refractivity contribution in [2.45, 2.75) is 38.6 Å². The van der Waals surface area contributed by atoms with E-state index in [1.54, 1.807) is 23.5 Å². The zero-order valence-electron chi connectivity index (χ0n) is 12.7. The van der Waals surface area contributed by atoms with E-state index in [0.29, 0.717) is 13.1 Å². The van der Waals surface area contributed by atoms with Crippen LogP contribution < -0.4 is 5.32 Å². The molecule has 6 heteroatoms. The summed E-state index contributed by atoms with van der Waals surface area (Å²) >= 11 is 1.58. The van der Waals surface area contributed by atoms with E-state index in [1.165, 1.54) is 0 Å². The van der Waals surface area contributed by atoms with Gasteiger partial charge in [0.05, 0.1) is 10.7 Å². The number of aromatic nitrogens is 1. The van der Waals surface area contributed by atoms with Gasteiger partial charge in [-0.2, -0.15) is 0 Å². The third kappa shape index (κ3) is 3.94. The van der Waals surface area contributed by atoms with Gasteiger partial charge in [0, 0.05) is 36.5 Å². The van der Waals surface area contributed by atoms with Crippen molar-refractivity contribution in [2.75, 3.05) is 13.1 Å². The quantitative estimate of drug-likeness (QED) is 0.863. The number of nitrogens with one attached hydrogen (secondary N) is 1. The molecule has 5 nitrogen and oxygen atoms in total. The van der Waals surface area contributed by atoms with Crippen LogP contribution in [0.1, 0.15) is 36.4 Å². The van der Waals surface area contributed by atoms with Crippen LogP contribution >= 0.6 is 11.3 Å². The van der Waals surface area contributed by atoms with Crippen LogP contribution in [0.2, 0.25) is 0 Å². The van der Waals surface area contributed by atoms with Crippen LogP contribution in [-0.4, -0.2) is 40.8 Å². The largest absolute Gasteiger partial charge is 0.353 e. The van der Waals surface area contributed by atoms with Gasteiger partial charge in [-0.15, -0.1) is 11.3 Å². The average molecular weight is 319 g/mol. The summed E-state index contributed by atoms with van der Waals surface area (Å²) in [6.07, 6.45) is 7.11. The van der Waals surface area contributed by atoms with Crippen LogP contribution in [0.5, 0.6) is 0 Å². The number of nitrogens with zero attached hydrogens (tertiary/aromatic N) is 2. The van der Waals surface area contributed by atoms with Crippen molar-refractivity contribution in [3.63, 3.8) is 0 Å². The molecule has 1 saturated carbocycles. The second-order valence-electron chi connectivity index (χ2n) is 6.01. The van der Waals surface area contributed by atoms with E-state index >= 15 is 0 Å². The zero-order valence-corrected chi connectivity index (χ0v) is 13.6. The Morgan fingerprint density at radius 3 is 2.64 bits per heavy atom. The monoisotopic (exact) mass is 319 g/mol. The SMILES string of the molecule is Cc1nc(C=CC(=O)N2CCC(NC(=O)C3CC3)CC2)cs1. The van der Waals surface area contributed by atoms with Gasteiger partial charge in [0.25, 0.3) is 0 Å². The Morgan fingerprint density at radius 1 is 1.32 bits per heavy atom. The molecule has 0 atom stereocenters. The minimum atomic E-state index is 0.0256. The molecule has 1 saturated heterocycles. The van der Waals surface area contributed by atoms with E-state index in [1.807, 2.05) is 17.2 Å². The van der Waals surface area contributed by atoms with Gasteiger partial charge in [-0.1, -0.05) is 0 Å². The number of carbonyl (C=O) groups excluding carboxylic acids is 2. The number of rotatable bonds is 4. The lowest BCUT2D eigenvalue weighted by Crippen LogP contribution is -2.46. The molecule has 1 aliphatic heterocycles. The molecule has 1 aromatic heterocycles. The summed E-state index contributed by atoms with van der Waals surface area (Å²) in [7, 11) is 0. The topological polar surface area (TPSA) is 62.3 Å². The van der Waals surface area contributed by atoms with Gasteiger partial charge in [-0.3, -0.25) is 9.59 Å². The van der Waals surface area contributed by atoms with Crippen molar-refractivity contribution in [1.29, 1.82) is 0 Å². The van der Waals surface area contributed by atoms with Crippen molar-refractivity contribution < 1.29 is 9.59 Å². The second-order valence-corrected chi connectivity index (χ2v) is 7.07. The molecule has 1 N–H and O–H groups in total. The number of likely N-dealkylation sites (tertiary alicyclic amines) is 1. The summed E-state index contributed by atoms with van der Waals surface area (Å²) < 4.78 is 0. The third-order valence-corrected chi connectivity index (χ3v) is 4.93. The highest BCUT2D eigenvalue weighted by molar-refractivity contribution is 7.09. The fourth-order valence-electron chi connectivity index (χ4n) is 2.63. The van der Waals surface area contributed by atoms with E-state index in [0.717, 1.165) is 36.4 Å². The van der Waals surface area contributed by atoms with E-state index in [9.17, 15) is 9.59 Å². The van der Waals surface area contributed by atoms with E-state index < -0.39 is 0 Å². The number of hydrogen-bond donors (Lipinski definition) is 1. The van der Waals surface area contributed by atoms with Crippen molar-refractivity contribution in [3.8, 4) is 0 Å². The molecule has 1 aromatic rings. The van der Waals surface area contributed by atoms with Gasteiger partial charge in [0.15, 0.2) is 0 Å². The van der Waals surface area contributed by atoms with Crippen molar-refractivity contribution >= 4 is 29.2 Å². The smallest absolute Gasteiger partial charge is 0.246 e. The number of aryl methyl sites for hydroxylation is 1. The highest BCUT2D eigenvalue weighted by Gasteiger charge is 2.32. The van der Waals surface area contributed by atoms with E-state index in [-0.39, 0.29) is 23.8 Å². The van der Waals surface area contributed by atoms with Crippen molar-refractivity contribution in [2.24, 2.45) is 5.92 Å². The molecule has 0 aromatic carbocycles. The van der Waals surface area contributed by atoms with Gasteiger partial charge in [0.1, 0.15) is 0 Å². The molecular weight excluding hydrogens is 298 g/mol. The van der Waals surface area contributed by atoms with Crippen molar-refractivity contribution in [1.82, 2.24) is 15.2 Å².